The van der Waals surface area contributed by atoms with Crippen molar-refractivity contribution in [3.05, 3.63) is 29.8 Å². The fraction of sp³-hybridized carbons (Fsp3) is 0.538. The van der Waals surface area contributed by atoms with Gasteiger partial charge >= 0.3 is 0 Å². The Bertz CT molecular complexity index is 294. The molecule has 0 saturated heterocycles. The predicted molar refractivity (Wildman–Crippen MR) is 63.9 cm³/mol. The third kappa shape index (κ3) is 3.41. The zero-order chi connectivity index (χ0) is 10.8. The van der Waals surface area contributed by atoms with Crippen LogP contribution in [0.3, 0.4) is 0 Å². The SMILES string of the molecule is CN(C)c1cccc(CC(C)(C)C)c1. The molecule has 0 saturated carbocycles. The first kappa shape index (κ1) is 11.1. The largest absolute Gasteiger partial charge is 0.378 e. The van der Waals surface area contributed by atoms with E-state index < -0.39 is 0 Å². The van der Waals surface area contributed by atoms with Crippen LogP contribution in [0, 0.1) is 5.41 Å². The summed E-state index contributed by atoms with van der Waals surface area (Å²) in [5.41, 5.74) is 3.07. The van der Waals surface area contributed by atoms with Crippen LogP contribution in [0.5, 0.6) is 0 Å². The predicted octanol–water partition coefficient (Wildman–Crippen LogP) is 3.34. The maximum atomic E-state index is 2.27. The third-order valence-electron chi connectivity index (χ3n) is 2.16. The van der Waals surface area contributed by atoms with E-state index in [-0.39, 0.29) is 0 Å². The second-order valence-corrected chi connectivity index (χ2v) is 5.30. The van der Waals surface area contributed by atoms with Crippen molar-refractivity contribution in [2.75, 3.05) is 19.0 Å². The minimum atomic E-state index is 0.366. The number of anilines is 1. The van der Waals surface area contributed by atoms with Crippen molar-refractivity contribution in [3.8, 4) is 0 Å². The van der Waals surface area contributed by atoms with Crippen LogP contribution in [0.25, 0.3) is 0 Å². The van der Waals surface area contributed by atoms with Gasteiger partial charge in [-0.3, -0.25) is 0 Å². The average molecular weight is 191 g/mol. The second-order valence-electron chi connectivity index (χ2n) is 5.30. The normalized spacial score (nSPS) is 11.5. The molecule has 14 heavy (non-hydrogen) atoms. The van der Waals surface area contributed by atoms with E-state index in [9.17, 15) is 0 Å². The van der Waals surface area contributed by atoms with Gasteiger partial charge in [-0.1, -0.05) is 32.9 Å². The van der Waals surface area contributed by atoms with Crippen molar-refractivity contribution in [1.82, 2.24) is 0 Å². The molecule has 0 aliphatic carbocycles. The van der Waals surface area contributed by atoms with Gasteiger partial charge in [-0.05, 0) is 29.5 Å². The second kappa shape index (κ2) is 4.04. The van der Waals surface area contributed by atoms with Gasteiger partial charge in [-0.2, -0.15) is 0 Å². The lowest BCUT2D eigenvalue weighted by Crippen LogP contribution is -2.11. The molecule has 0 aromatic heterocycles. The summed E-state index contributed by atoms with van der Waals surface area (Å²) in [6.07, 6.45) is 1.13. The first-order chi connectivity index (χ1) is 6.38. The maximum absolute atomic E-state index is 2.27. The molecular formula is C13H21N. The molecule has 0 bridgehead atoms. The Kier molecular flexibility index (Phi) is 3.20. The lowest BCUT2D eigenvalue weighted by Gasteiger charge is -2.20. The molecule has 0 spiro atoms. The molecule has 0 heterocycles. The van der Waals surface area contributed by atoms with Crippen molar-refractivity contribution in [3.63, 3.8) is 0 Å². The Balaban J connectivity index is 2.84. The van der Waals surface area contributed by atoms with Gasteiger partial charge in [0.05, 0.1) is 0 Å². The third-order valence-corrected chi connectivity index (χ3v) is 2.16. The molecule has 0 atom stereocenters. The van der Waals surface area contributed by atoms with Gasteiger partial charge in [-0.15, -0.1) is 0 Å². The molecule has 0 radical (unpaired) electrons. The van der Waals surface area contributed by atoms with E-state index in [2.05, 4.69) is 64.0 Å². The molecule has 1 rings (SSSR count). The van der Waals surface area contributed by atoms with E-state index in [1.165, 1.54) is 11.3 Å². The number of hydrogen-bond acceptors (Lipinski definition) is 1. The highest BCUT2D eigenvalue weighted by Gasteiger charge is 2.11. The Morgan fingerprint density at radius 3 is 2.29 bits per heavy atom. The molecular weight excluding hydrogens is 170 g/mol. The molecule has 0 amide bonds. The van der Waals surface area contributed by atoms with Gasteiger partial charge in [0.2, 0.25) is 0 Å². The summed E-state index contributed by atoms with van der Waals surface area (Å²) in [5.74, 6) is 0. The van der Waals surface area contributed by atoms with Crippen LogP contribution >= 0.6 is 0 Å². The Labute approximate surface area is 87.7 Å². The molecule has 1 heteroatoms. The summed E-state index contributed by atoms with van der Waals surface area (Å²) >= 11 is 0. The average Bonchev–Trinajstić information content (AvgIpc) is 2.01. The highest BCUT2D eigenvalue weighted by atomic mass is 15.1. The zero-order valence-corrected chi connectivity index (χ0v) is 9.96. The fourth-order valence-electron chi connectivity index (χ4n) is 1.56. The molecule has 0 aliphatic heterocycles. The molecule has 1 nitrogen and oxygen atoms in total. The molecule has 0 unspecified atom stereocenters. The summed E-state index contributed by atoms with van der Waals surface area (Å²) in [7, 11) is 4.16. The zero-order valence-electron chi connectivity index (χ0n) is 9.96. The van der Waals surface area contributed by atoms with Crippen molar-refractivity contribution >= 4 is 5.69 Å². The number of rotatable bonds is 2. The molecule has 0 N–H and O–H groups in total. The van der Waals surface area contributed by atoms with Crippen molar-refractivity contribution in [1.29, 1.82) is 0 Å². The minimum Gasteiger partial charge on any atom is -0.378 e. The fourth-order valence-corrected chi connectivity index (χ4v) is 1.56. The highest BCUT2D eigenvalue weighted by molar-refractivity contribution is 5.47. The maximum Gasteiger partial charge on any atom is 0.0363 e. The monoisotopic (exact) mass is 191 g/mol. The summed E-state index contributed by atoms with van der Waals surface area (Å²) in [5, 5.41) is 0. The van der Waals surface area contributed by atoms with Gasteiger partial charge in [0, 0.05) is 19.8 Å². The van der Waals surface area contributed by atoms with Crippen LogP contribution in [-0.2, 0) is 6.42 Å². The first-order valence-corrected chi connectivity index (χ1v) is 5.15. The smallest absolute Gasteiger partial charge is 0.0363 e. The van der Waals surface area contributed by atoms with Gasteiger partial charge < -0.3 is 4.90 Å². The summed E-state index contributed by atoms with van der Waals surface area (Å²) in [6, 6.07) is 8.76. The minimum absolute atomic E-state index is 0.366. The number of benzene rings is 1. The summed E-state index contributed by atoms with van der Waals surface area (Å²) in [4.78, 5) is 2.14. The van der Waals surface area contributed by atoms with Crippen molar-refractivity contribution in [2.45, 2.75) is 27.2 Å². The van der Waals surface area contributed by atoms with Crippen LogP contribution in [-0.4, -0.2) is 14.1 Å². The van der Waals surface area contributed by atoms with Gasteiger partial charge in [0.15, 0.2) is 0 Å². The Morgan fingerprint density at radius 1 is 1.14 bits per heavy atom. The van der Waals surface area contributed by atoms with E-state index in [0.29, 0.717) is 5.41 Å². The van der Waals surface area contributed by atoms with E-state index in [1.54, 1.807) is 0 Å². The lowest BCUT2D eigenvalue weighted by molar-refractivity contribution is 0.411. The molecule has 1 aromatic rings. The summed E-state index contributed by atoms with van der Waals surface area (Å²) in [6.45, 7) is 6.82. The number of hydrogen-bond donors (Lipinski definition) is 0. The standard InChI is InChI=1S/C13H21N/c1-13(2,3)10-11-7-6-8-12(9-11)14(4)5/h6-9H,10H2,1-5H3. The highest BCUT2D eigenvalue weighted by Crippen LogP contribution is 2.22. The number of nitrogens with zero attached hydrogens (tertiary/aromatic N) is 1. The van der Waals surface area contributed by atoms with Crippen LogP contribution in [0.2, 0.25) is 0 Å². The van der Waals surface area contributed by atoms with Crippen LogP contribution in [0.15, 0.2) is 24.3 Å². The van der Waals surface area contributed by atoms with Crippen molar-refractivity contribution in [2.24, 2.45) is 5.41 Å². The Morgan fingerprint density at radius 2 is 1.79 bits per heavy atom. The summed E-state index contributed by atoms with van der Waals surface area (Å²) < 4.78 is 0. The molecule has 0 fully saturated rings. The molecule has 78 valence electrons. The Hall–Kier alpha value is -0.980. The lowest BCUT2D eigenvalue weighted by atomic mass is 9.88. The van der Waals surface area contributed by atoms with Crippen molar-refractivity contribution < 1.29 is 0 Å². The van der Waals surface area contributed by atoms with E-state index >= 15 is 0 Å². The van der Waals surface area contributed by atoms with Crippen LogP contribution < -0.4 is 4.90 Å². The van der Waals surface area contributed by atoms with Crippen LogP contribution in [0.4, 0.5) is 5.69 Å². The van der Waals surface area contributed by atoms with Gasteiger partial charge in [0.25, 0.3) is 0 Å². The molecule has 0 aliphatic rings. The first-order valence-electron chi connectivity index (χ1n) is 5.15. The quantitative estimate of drug-likeness (QED) is 0.693. The van der Waals surface area contributed by atoms with Crippen LogP contribution in [0.1, 0.15) is 26.3 Å². The van der Waals surface area contributed by atoms with Gasteiger partial charge in [0.1, 0.15) is 0 Å². The topological polar surface area (TPSA) is 3.24 Å². The molecule has 1 aromatic carbocycles. The van der Waals surface area contributed by atoms with E-state index in [4.69, 9.17) is 0 Å². The van der Waals surface area contributed by atoms with E-state index in [0.717, 1.165) is 6.42 Å². The van der Waals surface area contributed by atoms with Gasteiger partial charge in [-0.25, -0.2) is 0 Å². The van der Waals surface area contributed by atoms with E-state index in [1.807, 2.05) is 0 Å².